The van der Waals surface area contributed by atoms with Gasteiger partial charge in [0.15, 0.2) is 11.5 Å². The molecule has 1 aliphatic heterocycles. The molecule has 0 aliphatic carbocycles. The van der Waals surface area contributed by atoms with Crippen molar-refractivity contribution >= 4 is 23.1 Å². The zero-order valence-corrected chi connectivity index (χ0v) is 16.8. The predicted molar refractivity (Wildman–Crippen MR) is 117 cm³/mol. The van der Waals surface area contributed by atoms with Gasteiger partial charge in [-0.2, -0.15) is 0 Å². The molecule has 3 heterocycles. The van der Waals surface area contributed by atoms with E-state index in [9.17, 15) is 4.79 Å². The molecule has 0 saturated carbocycles. The average molecular weight is 404 g/mol. The van der Waals surface area contributed by atoms with E-state index in [0.717, 1.165) is 42.9 Å². The van der Waals surface area contributed by atoms with Crippen molar-refractivity contribution in [3.8, 4) is 17.0 Å². The fourth-order valence-electron chi connectivity index (χ4n) is 3.46. The number of ether oxygens (including phenoxy) is 1. The van der Waals surface area contributed by atoms with Gasteiger partial charge in [0.25, 0.3) is 5.91 Å². The van der Waals surface area contributed by atoms with Crippen LogP contribution in [-0.4, -0.2) is 40.6 Å². The molecule has 1 aliphatic rings. The van der Waals surface area contributed by atoms with Crippen molar-refractivity contribution in [2.75, 3.05) is 35.6 Å². The molecule has 1 amide bonds. The van der Waals surface area contributed by atoms with E-state index < -0.39 is 5.91 Å². The third kappa shape index (κ3) is 4.17. The van der Waals surface area contributed by atoms with Gasteiger partial charge in [0.05, 0.1) is 36.1 Å². The van der Waals surface area contributed by atoms with Gasteiger partial charge in [0.2, 0.25) is 0 Å². The molecule has 3 N–H and O–H groups in total. The summed E-state index contributed by atoms with van der Waals surface area (Å²) in [6.07, 6.45) is 6.72. The molecule has 154 valence electrons. The second-order valence-electron chi connectivity index (χ2n) is 7.05. The lowest BCUT2D eigenvalue weighted by atomic mass is 10.1. The minimum Gasteiger partial charge on any atom is -0.494 e. The van der Waals surface area contributed by atoms with Crippen LogP contribution in [0.1, 0.15) is 30.3 Å². The van der Waals surface area contributed by atoms with Gasteiger partial charge in [-0.25, -0.2) is 9.97 Å². The van der Waals surface area contributed by atoms with Crippen LogP contribution in [0.4, 0.5) is 17.2 Å². The molecule has 2 aromatic heterocycles. The molecular formula is C22H24N6O2. The van der Waals surface area contributed by atoms with Crippen molar-refractivity contribution in [3.05, 3.63) is 54.6 Å². The van der Waals surface area contributed by atoms with E-state index in [2.05, 4.69) is 32.1 Å². The van der Waals surface area contributed by atoms with Crippen molar-refractivity contribution in [1.82, 2.24) is 15.0 Å². The number of nitrogen functional groups attached to an aromatic ring is 1. The molecule has 0 unspecified atom stereocenters. The third-order valence-electron chi connectivity index (χ3n) is 4.87. The van der Waals surface area contributed by atoms with Crippen LogP contribution in [-0.2, 0) is 0 Å². The SMILES string of the molecule is CCCN1CCCOc2cccc(c2)-c2cnc(N)c(n2)C(=O)Nc2cnccc21. The average Bonchev–Trinajstić information content (AvgIpc) is 2.76. The predicted octanol–water partition coefficient (Wildman–Crippen LogP) is 3.37. The highest BCUT2D eigenvalue weighted by Crippen LogP contribution is 2.28. The lowest BCUT2D eigenvalue weighted by Gasteiger charge is -2.26. The molecule has 0 fully saturated rings. The smallest absolute Gasteiger partial charge is 0.278 e. The van der Waals surface area contributed by atoms with Crippen molar-refractivity contribution < 1.29 is 9.53 Å². The summed E-state index contributed by atoms with van der Waals surface area (Å²) in [7, 11) is 0. The summed E-state index contributed by atoms with van der Waals surface area (Å²) < 4.78 is 5.96. The van der Waals surface area contributed by atoms with Gasteiger partial charge in [-0.3, -0.25) is 9.78 Å². The number of carbonyl (C=O) groups is 1. The highest BCUT2D eigenvalue weighted by atomic mass is 16.5. The van der Waals surface area contributed by atoms with Crippen LogP contribution < -0.4 is 20.7 Å². The van der Waals surface area contributed by atoms with Crippen LogP contribution in [0.5, 0.6) is 5.75 Å². The number of rotatable bonds is 2. The minimum atomic E-state index is -0.421. The number of anilines is 3. The molecular weight excluding hydrogens is 380 g/mol. The summed E-state index contributed by atoms with van der Waals surface area (Å²) in [5, 5.41) is 2.92. The monoisotopic (exact) mass is 404 g/mol. The van der Waals surface area contributed by atoms with Crippen LogP contribution >= 0.6 is 0 Å². The summed E-state index contributed by atoms with van der Waals surface area (Å²) in [6, 6.07) is 9.49. The van der Waals surface area contributed by atoms with Gasteiger partial charge < -0.3 is 20.7 Å². The van der Waals surface area contributed by atoms with E-state index in [1.54, 1.807) is 18.6 Å². The van der Waals surface area contributed by atoms with Crippen LogP contribution in [0.2, 0.25) is 0 Å². The molecule has 8 heteroatoms. The Morgan fingerprint density at radius 1 is 1.27 bits per heavy atom. The van der Waals surface area contributed by atoms with Gasteiger partial charge >= 0.3 is 0 Å². The van der Waals surface area contributed by atoms with E-state index in [0.29, 0.717) is 18.0 Å². The van der Waals surface area contributed by atoms with E-state index in [1.807, 2.05) is 30.3 Å². The molecule has 0 radical (unpaired) electrons. The van der Waals surface area contributed by atoms with Crippen LogP contribution in [0.15, 0.2) is 48.9 Å². The summed E-state index contributed by atoms with van der Waals surface area (Å²) in [6.45, 7) is 4.34. The van der Waals surface area contributed by atoms with Crippen LogP contribution in [0.25, 0.3) is 11.3 Å². The number of carbonyl (C=O) groups excluding carboxylic acids is 1. The van der Waals surface area contributed by atoms with Crippen molar-refractivity contribution in [3.63, 3.8) is 0 Å². The number of hydrogen-bond acceptors (Lipinski definition) is 7. The zero-order chi connectivity index (χ0) is 20.9. The quantitative estimate of drug-likeness (QED) is 0.674. The van der Waals surface area contributed by atoms with Gasteiger partial charge in [-0.1, -0.05) is 19.1 Å². The van der Waals surface area contributed by atoms with Crippen LogP contribution in [0.3, 0.4) is 0 Å². The van der Waals surface area contributed by atoms with Gasteiger partial charge in [-0.15, -0.1) is 0 Å². The number of pyridine rings is 1. The first-order valence-electron chi connectivity index (χ1n) is 10.0. The number of nitrogens with two attached hydrogens (primary N) is 1. The Morgan fingerprint density at radius 2 is 2.17 bits per heavy atom. The third-order valence-corrected chi connectivity index (χ3v) is 4.87. The highest BCUT2D eigenvalue weighted by Gasteiger charge is 2.19. The first-order valence-corrected chi connectivity index (χ1v) is 10.0. The van der Waals surface area contributed by atoms with E-state index >= 15 is 0 Å². The Labute approximate surface area is 175 Å². The molecule has 0 saturated heterocycles. The minimum absolute atomic E-state index is 0.0730. The molecule has 30 heavy (non-hydrogen) atoms. The van der Waals surface area contributed by atoms with Crippen LogP contribution in [0, 0.1) is 0 Å². The maximum Gasteiger partial charge on any atom is 0.278 e. The Balaban J connectivity index is 1.78. The van der Waals surface area contributed by atoms with Gasteiger partial charge in [0, 0.05) is 24.8 Å². The molecule has 4 rings (SSSR count). The number of amides is 1. The second kappa shape index (κ2) is 8.77. The normalized spacial score (nSPS) is 14.0. The first-order chi connectivity index (χ1) is 14.7. The number of hydrogen-bond donors (Lipinski definition) is 2. The Hall–Kier alpha value is -3.68. The van der Waals surface area contributed by atoms with E-state index in [4.69, 9.17) is 10.5 Å². The summed E-state index contributed by atoms with van der Waals surface area (Å²) in [5.41, 5.74) is 8.91. The second-order valence-corrected chi connectivity index (χ2v) is 7.05. The standard InChI is InChI=1S/C22H24N6O2/c1-2-9-28-10-4-11-30-16-6-3-5-15(12-16)17-14-25-21(23)20(26-17)22(29)27-18-13-24-8-7-19(18)28/h3,5-8,12-14H,2,4,9-11H2,1H3,(H2,23,25)(H,27,29). The fraction of sp³-hybridized carbons (Fsp3) is 0.273. The Kier molecular flexibility index (Phi) is 5.74. The largest absolute Gasteiger partial charge is 0.494 e. The summed E-state index contributed by atoms with van der Waals surface area (Å²) >= 11 is 0. The van der Waals surface area contributed by atoms with Crippen molar-refractivity contribution in [1.29, 1.82) is 0 Å². The number of aromatic nitrogens is 3. The van der Waals surface area contributed by atoms with Gasteiger partial charge in [-0.05, 0) is 31.0 Å². The lowest BCUT2D eigenvalue weighted by Crippen LogP contribution is -2.28. The zero-order valence-electron chi connectivity index (χ0n) is 16.8. The number of benzene rings is 1. The topological polar surface area (TPSA) is 106 Å². The summed E-state index contributed by atoms with van der Waals surface area (Å²) in [4.78, 5) is 28.1. The molecule has 4 bridgehead atoms. The molecule has 1 aromatic carbocycles. The maximum absolute atomic E-state index is 13.0. The summed E-state index contributed by atoms with van der Waals surface area (Å²) in [5.74, 6) is 0.400. The van der Waals surface area contributed by atoms with E-state index in [-0.39, 0.29) is 11.5 Å². The number of nitrogens with one attached hydrogen (secondary N) is 1. The Morgan fingerprint density at radius 3 is 3.03 bits per heavy atom. The first kappa shape index (κ1) is 19.6. The number of nitrogens with zero attached hydrogens (tertiary/aromatic N) is 4. The Bertz CT molecular complexity index is 1060. The molecule has 0 spiro atoms. The van der Waals surface area contributed by atoms with Crippen molar-refractivity contribution in [2.24, 2.45) is 0 Å². The molecule has 3 aromatic rings. The lowest BCUT2D eigenvalue weighted by molar-refractivity contribution is 0.102. The number of fused-ring (bicyclic) bond motifs is 6. The molecule has 0 atom stereocenters. The highest BCUT2D eigenvalue weighted by molar-refractivity contribution is 6.07. The fourth-order valence-corrected chi connectivity index (χ4v) is 3.46. The van der Waals surface area contributed by atoms with E-state index in [1.165, 1.54) is 0 Å². The maximum atomic E-state index is 13.0. The van der Waals surface area contributed by atoms with Gasteiger partial charge in [0.1, 0.15) is 5.75 Å². The van der Waals surface area contributed by atoms with Crippen molar-refractivity contribution in [2.45, 2.75) is 19.8 Å². The molecule has 8 nitrogen and oxygen atoms in total.